The van der Waals surface area contributed by atoms with Gasteiger partial charge in [0.05, 0.1) is 0 Å². The van der Waals surface area contributed by atoms with Gasteiger partial charge in [-0.2, -0.15) is 0 Å². The first-order valence-corrected chi connectivity index (χ1v) is 7.30. The number of pyridine rings is 1. The summed E-state index contributed by atoms with van der Waals surface area (Å²) in [5.74, 6) is 0.349. The Labute approximate surface area is 125 Å². The first kappa shape index (κ1) is 15.4. The number of nitrogens with zero attached hydrogens (tertiary/aromatic N) is 1. The fraction of sp³-hybridized carbons (Fsp3) is 0.353. The molecule has 0 radical (unpaired) electrons. The van der Waals surface area contributed by atoms with Crippen molar-refractivity contribution < 1.29 is 4.39 Å². The highest BCUT2D eigenvalue weighted by molar-refractivity contribution is 5.34. The molecule has 2 aromatic rings. The minimum absolute atomic E-state index is 0.0712. The number of hydrogen-bond acceptors (Lipinski definition) is 3. The lowest BCUT2D eigenvalue weighted by molar-refractivity contribution is 0.523. The summed E-state index contributed by atoms with van der Waals surface area (Å²) in [5, 5.41) is 3.47. The normalized spacial score (nSPS) is 12.3. The summed E-state index contributed by atoms with van der Waals surface area (Å²) < 4.78 is 13.8. The fourth-order valence-corrected chi connectivity index (χ4v) is 2.31. The van der Waals surface area contributed by atoms with E-state index in [4.69, 9.17) is 5.73 Å². The third-order valence-corrected chi connectivity index (χ3v) is 3.52. The summed E-state index contributed by atoms with van der Waals surface area (Å²) in [7, 11) is 0. The standard InChI is InChI=1S/C17H22FN3/c1-3-7-20-16(9-13-6-8-21-17(19)10-13)14-5-4-12(2)15(18)11-14/h4-6,8,10-11,16,20H,3,7,9H2,1-2H3,(H2,19,21). The summed E-state index contributed by atoms with van der Waals surface area (Å²) in [6.45, 7) is 4.78. The molecule has 0 aliphatic heterocycles. The van der Waals surface area contributed by atoms with Gasteiger partial charge < -0.3 is 11.1 Å². The number of hydrogen-bond donors (Lipinski definition) is 2. The van der Waals surface area contributed by atoms with Crippen molar-refractivity contribution in [1.29, 1.82) is 0 Å². The third kappa shape index (κ3) is 4.26. The van der Waals surface area contributed by atoms with Crippen LogP contribution < -0.4 is 11.1 Å². The van der Waals surface area contributed by atoms with Crippen molar-refractivity contribution in [2.75, 3.05) is 12.3 Å². The van der Waals surface area contributed by atoms with Crippen molar-refractivity contribution in [2.24, 2.45) is 0 Å². The van der Waals surface area contributed by atoms with Crippen LogP contribution in [0, 0.1) is 12.7 Å². The Bertz CT molecular complexity index is 598. The van der Waals surface area contributed by atoms with E-state index < -0.39 is 0 Å². The monoisotopic (exact) mass is 287 g/mol. The average Bonchev–Trinajstić information content (AvgIpc) is 2.46. The van der Waals surface area contributed by atoms with Gasteiger partial charge in [0.1, 0.15) is 11.6 Å². The SMILES string of the molecule is CCCNC(Cc1ccnc(N)c1)c1ccc(C)c(F)c1. The zero-order valence-electron chi connectivity index (χ0n) is 12.6. The number of rotatable bonds is 6. The Morgan fingerprint density at radius 1 is 1.29 bits per heavy atom. The zero-order valence-corrected chi connectivity index (χ0v) is 12.6. The highest BCUT2D eigenvalue weighted by Gasteiger charge is 2.13. The fourth-order valence-electron chi connectivity index (χ4n) is 2.31. The molecule has 1 unspecified atom stereocenters. The Morgan fingerprint density at radius 3 is 2.76 bits per heavy atom. The topological polar surface area (TPSA) is 50.9 Å². The number of nitrogens with two attached hydrogens (primary N) is 1. The average molecular weight is 287 g/mol. The van der Waals surface area contributed by atoms with Crippen LogP contribution in [0.25, 0.3) is 0 Å². The zero-order chi connectivity index (χ0) is 15.2. The highest BCUT2D eigenvalue weighted by Crippen LogP contribution is 2.21. The molecule has 3 N–H and O–H groups in total. The molecule has 0 fully saturated rings. The Hall–Kier alpha value is -1.94. The second kappa shape index (κ2) is 7.18. The Balaban J connectivity index is 2.22. The molecule has 3 nitrogen and oxygen atoms in total. The number of benzene rings is 1. The largest absolute Gasteiger partial charge is 0.384 e. The third-order valence-electron chi connectivity index (χ3n) is 3.52. The number of nitrogen functional groups attached to an aromatic ring is 1. The molecule has 2 rings (SSSR count). The number of aryl methyl sites for hydroxylation is 1. The van der Waals surface area contributed by atoms with Crippen LogP contribution in [0.3, 0.4) is 0 Å². The van der Waals surface area contributed by atoms with Crippen LogP contribution in [0.5, 0.6) is 0 Å². The first-order valence-electron chi connectivity index (χ1n) is 7.30. The molecule has 0 aliphatic rings. The van der Waals surface area contributed by atoms with E-state index in [1.807, 2.05) is 24.3 Å². The van der Waals surface area contributed by atoms with E-state index >= 15 is 0 Å². The van der Waals surface area contributed by atoms with Crippen LogP contribution in [0.1, 0.15) is 36.1 Å². The molecule has 1 aromatic heterocycles. The molecule has 0 bridgehead atoms. The first-order chi connectivity index (χ1) is 10.1. The van der Waals surface area contributed by atoms with Crippen molar-refractivity contribution in [3.63, 3.8) is 0 Å². The predicted molar refractivity (Wildman–Crippen MR) is 84.5 cm³/mol. The summed E-state index contributed by atoms with van der Waals surface area (Å²) >= 11 is 0. The molecule has 0 aliphatic carbocycles. The van der Waals surface area contributed by atoms with E-state index in [0.717, 1.165) is 30.5 Å². The van der Waals surface area contributed by atoms with Crippen LogP contribution in [0.4, 0.5) is 10.2 Å². The van der Waals surface area contributed by atoms with Crippen molar-refractivity contribution in [2.45, 2.75) is 32.7 Å². The number of nitrogens with one attached hydrogen (secondary N) is 1. The molecular formula is C17H22FN3. The molecule has 0 saturated carbocycles. The van der Waals surface area contributed by atoms with Gasteiger partial charge in [0.15, 0.2) is 0 Å². The minimum atomic E-state index is -0.162. The van der Waals surface area contributed by atoms with Gasteiger partial charge in [-0.05, 0) is 61.2 Å². The van der Waals surface area contributed by atoms with E-state index in [1.165, 1.54) is 0 Å². The van der Waals surface area contributed by atoms with Gasteiger partial charge in [0.2, 0.25) is 0 Å². The minimum Gasteiger partial charge on any atom is -0.384 e. The lowest BCUT2D eigenvalue weighted by Crippen LogP contribution is -2.24. The van der Waals surface area contributed by atoms with Gasteiger partial charge in [-0.15, -0.1) is 0 Å². The highest BCUT2D eigenvalue weighted by atomic mass is 19.1. The van der Waals surface area contributed by atoms with Gasteiger partial charge in [-0.3, -0.25) is 0 Å². The molecule has 112 valence electrons. The molecule has 21 heavy (non-hydrogen) atoms. The quantitative estimate of drug-likeness (QED) is 0.856. The van der Waals surface area contributed by atoms with Crippen LogP contribution in [-0.4, -0.2) is 11.5 Å². The molecule has 4 heteroatoms. The number of halogens is 1. The van der Waals surface area contributed by atoms with E-state index in [2.05, 4.69) is 17.2 Å². The van der Waals surface area contributed by atoms with E-state index in [9.17, 15) is 4.39 Å². The summed E-state index contributed by atoms with van der Waals surface area (Å²) in [4.78, 5) is 4.01. The molecule has 1 heterocycles. The molecule has 0 spiro atoms. The van der Waals surface area contributed by atoms with E-state index in [0.29, 0.717) is 11.4 Å². The van der Waals surface area contributed by atoms with E-state index in [1.54, 1.807) is 19.2 Å². The maximum Gasteiger partial charge on any atom is 0.126 e. The number of anilines is 1. The van der Waals surface area contributed by atoms with Gasteiger partial charge in [0.25, 0.3) is 0 Å². The molecular weight excluding hydrogens is 265 g/mol. The van der Waals surface area contributed by atoms with Crippen molar-refractivity contribution in [3.05, 3.63) is 59.0 Å². The molecule has 1 atom stereocenters. The van der Waals surface area contributed by atoms with Gasteiger partial charge >= 0.3 is 0 Å². The predicted octanol–water partition coefficient (Wildman–Crippen LogP) is 3.39. The van der Waals surface area contributed by atoms with Crippen molar-refractivity contribution in [1.82, 2.24) is 10.3 Å². The summed E-state index contributed by atoms with van der Waals surface area (Å²) in [5.41, 5.74) is 8.45. The van der Waals surface area contributed by atoms with Crippen LogP contribution >= 0.6 is 0 Å². The van der Waals surface area contributed by atoms with Crippen LogP contribution in [0.15, 0.2) is 36.5 Å². The number of aromatic nitrogens is 1. The van der Waals surface area contributed by atoms with Crippen LogP contribution in [-0.2, 0) is 6.42 Å². The van der Waals surface area contributed by atoms with Gasteiger partial charge in [-0.1, -0.05) is 19.1 Å². The second-order valence-corrected chi connectivity index (χ2v) is 5.31. The second-order valence-electron chi connectivity index (χ2n) is 5.31. The van der Waals surface area contributed by atoms with Gasteiger partial charge in [-0.25, -0.2) is 9.37 Å². The van der Waals surface area contributed by atoms with Crippen LogP contribution in [0.2, 0.25) is 0 Å². The maximum absolute atomic E-state index is 13.8. The lowest BCUT2D eigenvalue weighted by Gasteiger charge is -2.20. The van der Waals surface area contributed by atoms with Crippen molar-refractivity contribution in [3.8, 4) is 0 Å². The van der Waals surface area contributed by atoms with Gasteiger partial charge in [0, 0.05) is 12.2 Å². The van der Waals surface area contributed by atoms with E-state index in [-0.39, 0.29) is 11.9 Å². The summed E-state index contributed by atoms with van der Waals surface area (Å²) in [6, 6.07) is 9.31. The molecule has 0 saturated heterocycles. The smallest absolute Gasteiger partial charge is 0.126 e. The van der Waals surface area contributed by atoms with Crippen molar-refractivity contribution >= 4 is 5.82 Å². The Morgan fingerprint density at radius 2 is 2.10 bits per heavy atom. The lowest BCUT2D eigenvalue weighted by atomic mass is 9.98. The maximum atomic E-state index is 13.8. The Kier molecular flexibility index (Phi) is 5.28. The molecule has 0 amide bonds. The summed E-state index contributed by atoms with van der Waals surface area (Å²) in [6.07, 6.45) is 3.50. The molecule has 1 aromatic carbocycles.